The average molecular weight is 461 g/mol. The van der Waals surface area contributed by atoms with Gasteiger partial charge in [0.15, 0.2) is 0 Å². The summed E-state index contributed by atoms with van der Waals surface area (Å²) < 4.78 is 35.2. The summed E-state index contributed by atoms with van der Waals surface area (Å²) >= 11 is 3.38. The van der Waals surface area contributed by atoms with Crippen LogP contribution in [0.5, 0.6) is 5.75 Å². The molecule has 1 aliphatic rings. The van der Waals surface area contributed by atoms with Gasteiger partial charge >= 0.3 is 0 Å². The highest BCUT2D eigenvalue weighted by Gasteiger charge is 2.18. The lowest BCUT2D eigenvalue weighted by Crippen LogP contribution is -2.19. The van der Waals surface area contributed by atoms with E-state index < -0.39 is 11.6 Å². The molecule has 1 fully saturated rings. The Morgan fingerprint density at radius 3 is 2.66 bits per heavy atom. The zero-order valence-corrected chi connectivity index (χ0v) is 17.0. The van der Waals surface area contributed by atoms with Crippen LogP contribution in [0.3, 0.4) is 0 Å². The predicted molar refractivity (Wildman–Crippen MR) is 112 cm³/mol. The van der Waals surface area contributed by atoms with Crippen LogP contribution in [-0.2, 0) is 4.74 Å². The third kappa shape index (κ3) is 4.41. The number of rotatable bonds is 5. The number of phenolic OH excluding ortho intramolecular Hbond substituents is 1. The molecular formula is C22H19BrF2N2O2. The van der Waals surface area contributed by atoms with E-state index in [1.54, 1.807) is 24.3 Å². The summed E-state index contributed by atoms with van der Waals surface area (Å²) in [4.78, 5) is 4.56. The summed E-state index contributed by atoms with van der Waals surface area (Å²) in [5, 5.41) is 13.5. The molecule has 0 saturated carbocycles. The number of hydrogen-bond acceptors (Lipinski definition) is 4. The van der Waals surface area contributed by atoms with E-state index in [0.717, 1.165) is 23.9 Å². The van der Waals surface area contributed by atoms with Crippen molar-refractivity contribution in [3.8, 4) is 28.1 Å². The second-order valence-electron chi connectivity index (χ2n) is 6.90. The van der Waals surface area contributed by atoms with Crippen molar-refractivity contribution in [2.45, 2.75) is 18.9 Å². The van der Waals surface area contributed by atoms with Crippen LogP contribution in [0.4, 0.5) is 14.6 Å². The number of aromatic hydroxyl groups is 1. The lowest BCUT2D eigenvalue weighted by molar-refractivity contribution is 0.120. The van der Waals surface area contributed by atoms with E-state index in [0.29, 0.717) is 29.2 Å². The number of nitrogens with zero attached hydrogens (tertiary/aromatic N) is 1. The molecule has 2 aromatic carbocycles. The number of benzene rings is 2. The highest BCUT2D eigenvalue weighted by atomic mass is 79.9. The molecule has 1 aliphatic heterocycles. The first-order valence-electron chi connectivity index (χ1n) is 9.32. The Kier molecular flexibility index (Phi) is 5.78. The van der Waals surface area contributed by atoms with E-state index in [9.17, 15) is 13.9 Å². The van der Waals surface area contributed by atoms with Gasteiger partial charge in [0.05, 0.1) is 17.4 Å². The van der Waals surface area contributed by atoms with Crippen molar-refractivity contribution in [1.82, 2.24) is 4.98 Å². The molecule has 29 heavy (non-hydrogen) atoms. The van der Waals surface area contributed by atoms with Gasteiger partial charge in [-0.15, -0.1) is 0 Å². The molecule has 1 aromatic heterocycles. The van der Waals surface area contributed by atoms with Crippen LogP contribution >= 0.6 is 15.9 Å². The van der Waals surface area contributed by atoms with E-state index in [4.69, 9.17) is 4.74 Å². The Morgan fingerprint density at radius 1 is 1.14 bits per heavy atom. The minimum absolute atomic E-state index is 0.0249. The Balaban J connectivity index is 1.79. The summed E-state index contributed by atoms with van der Waals surface area (Å²) in [7, 11) is 0. The number of nitrogens with one attached hydrogen (secondary N) is 1. The highest BCUT2D eigenvalue weighted by Crippen LogP contribution is 2.35. The first kappa shape index (κ1) is 19.8. The van der Waals surface area contributed by atoms with Gasteiger partial charge in [-0.3, -0.25) is 0 Å². The Hall–Kier alpha value is -2.51. The van der Waals surface area contributed by atoms with Gasteiger partial charge < -0.3 is 15.2 Å². The van der Waals surface area contributed by atoms with Crippen LogP contribution in [-0.4, -0.2) is 29.3 Å². The Morgan fingerprint density at radius 2 is 1.93 bits per heavy atom. The fourth-order valence-corrected chi connectivity index (χ4v) is 3.78. The zero-order valence-electron chi connectivity index (χ0n) is 15.5. The standard InChI is InChI=1S/C22H19BrF2N2O2/c23-14-6-7-20(28)16(11-14)19-9-13(22-17(24)4-1-5-18(22)25)10-21(27-19)26-12-15-3-2-8-29-15/h1,4-7,9-11,15,28H,2-3,8,12H2,(H,26,27). The lowest BCUT2D eigenvalue weighted by Gasteiger charge is -2.15. The largest absolute Gasteiger partial charge is 0.507 e. The van der Waals surface area contributed by atoms with Crippen LogP contribution < -0.4 is 5.32 Å². The van der Waals surface area contributed by atoms with Crippen molar-refractivity contribution in [1.29, 1.82) is 0 Å². The van der Waals surface area contributed by atoms with E-state index in [2.05, 4.69) is 26.2 Å². The summed E-state index contributed by atoms with van der Waals surface area (Å²) in [6, 6.07) is 11.9. The predicted octanol–water partition coefficient (Wildman–Crippen LogP) is 5.75. The number of hydrogen-bond donors (Lipinski definition) is 2. The summed E-state index contributed by atoms with van der Waals surface area (Å²) in [6.07, 6.45) is 2.04. The van der Waals surface area contributed by atoms with E-state index in [-0.39, 0.29) is 17.4 Å². The second-order valence-corrected chi connectivity index (χ2v) is 7.82. The van der Waals surface area contributed by atoms with Crippen molar-refractivity contribution >= 4 is 21.7 Å². The van der Waals surface area contributed by atoms with Crippen LogP contribution in [0.15, 0.2) is 53.0 Å². The van der Waals surface area contributed by atoms with Gasteiger partial charge in [0.1, 0.15) is 23.2 Å². The van der Waals surface area contributed by atoms with Crippen molar-refractivity contribution in [2.24, 2.45) is 0 Å². The molecule has 0 radical (unpaired) electrons. The maximum Gasteiger partial charge on any atom is 0.133 e. The van der Waals surface area contributed by atoms with Crippen LogP contribution in [0.1, 0.15) is 12.8 Å². The van der Waals surface area contributed by atoms with Crippen LogP contribution in [0.2, 0.25) is 0 Å². The molecule has 1 atom stereocenters. The maximum atomic E-state index is 14.4. The quantitative estimate of drug-likeness (QED) is 0.508. The van der Waals surface area contributed by atoms with Gasteiger partial charge in [0.2, 0.25) is 0 Å². The normalized spacial score (nSPS) is 16.2. The average Bonchev–Trinajstić information content (AvgIpc) is 3.22. The van der Waals surface area contributed by atoms with E-state index >= 15 is 0 Å². The SMILES string of the molecule is Oc1ccc(Br)cc1-c1cc(-c2c(F)cccc2F)cc(NCC2CCCO2)n1. The first-order chi connectivity index (χ1) is 14.0. The molecule has 1 saturated heterocycles. The third-order valence-electron chi connectivity index (χ3n) is 4.85. The number of pyridine rings is 1. The molecule has 4 nitrogen and oxygen atoms in total. The molecule has 3 aromatic rings. The molecule has 1 unspecified atom stereocenters. The van der Waals surface area contributed by atoms with E-state index in [1.165, 1.54) is 24.3 Å². The summed E-state index contributed by atoms with van der Waals surface area (Å²) in [5.41, 5.74) is 1.06. The van der Waals surface area contributed by atoms with Crippen molar-refractivity contribution in [3.05, 3.63) is 64.6 Å². The molecule has 0 spiro atoms. The molecule has 2 heterocycles. The number of halogens is 3. The van der Waals surface area contributed by atoms with Gasteiger partial charge in [-0.25, -0.2) is 13.8 Å². The van der Waals surface area contributed by atoms with Gasteiger partial charge in [-0.05, 0) is 60.9 Å². The monoisotopic (exact) mass is 460 g/mol. The molecule has 0 amide bonds. The second kappa shape index (κ2) is 8.47. The molecule has 0 bridgehead atoms. The molecule has 150 valence electrons. The molecule has 0 aliphatic carbocycles. The fourth-order valence-electron chi connectivity index (χ4n) is 3.41. The fraction of sp³-hybridized carbons (Fsp3) is 0.227. The number of anilines is 1. The minimum Gasteiger partial charge on any atom is -0.507 e. The lowest BCUT2D eigenvalue weighted by atomic mass is 10.0. The van der Waals surface area contributed by atoms with Crippen LogP contribution in [0.25, 0.3) is 22.4 Å². The number of ether oxygens (including phenoxy) is 1. The van der Waals surface area contributed by atoms with Gasteiger partial charge in [0, 0.05) is 23.2 Å². The zero-order chi connectivity index (χ0) is 20.4. The Bertz CT molecular complexity index is 1020. The third-order valence-corrected chi connectivity index (χ3v) is 5.34. The summed E-state index contributed by atoms with van der Waals surface area (Å²) in [6.45, 7) is 1.28. The smallest absolute Gasteiger partial charge is 0.133 e. The van der Waals surface area contributed by atoms with Crippen molar-refractivity contribution in [2.75, 3.05) is 18.5 Å². The van der Waals surface area contributed by atoms with Crippen molar-refractivity contribution < 1.29 is 18.6 Å². The molecule has 7 heteroatoms. The highest BCUT2D eigenvalue weighted by molar-refractivity contribution is 9.10. The van der Waals surface area contributed by atoms with Crippen molar-refractivity contribution in [3.63, 3.8) is 0 Å². The minimum atomic E-state index is -0.661. The van der Waals surface area contributed by atoms with Gasteiger partial charge in [0.25, 0.3) is 0 Å². The number of phenols is 1. The van der Waals surface area contributed by atoms with Gasteiger partial charge in [-0.1, -0.05) is 22.0 Å². The summed E-state index contributed by atoms with van der Waals surface area (Å²) in [5.74, 6) is -0.844. The van der Waals surface area contributed by atoms with Gasteiger partial charge in [-0.2, -0.15) is 0 Å². The molecule has 4 rings (SSSR count). The van der Waals surface area contributed by atoms with E-state index in [1.807, 2.05) is 0 Å². The first-order valence-corrected chi connectivity index (χ1v) is 10.1. The molecular weight excluding hydrogens is 442 g/mol. The maximum absolute atomic E-state index is 14.4. The number of aromatic nitrogens is 1. The van der Waals surface area contributed by atoms with Crippen LogP contribution in [0, 0.1) is 11.6 Å². The Labute approximate surface area is 175 Å². The topological polar surface area (TPSA) is 54.4 Å². The molecule has 2 N–H and O–H groups in total.